The summed E-state index contributed by atoms with van der Waals surface area (Å²) in [5.74, 6) is -0.998. The minimum Gasteiger partial charge on any atom is -0.393 e. The Kier molecular flexibility index (Phi) is 6.37. The number of fused-ring (bicyclic) bond motifs is 5. The van der Waals surface area contributed by atoms with Crippen molar-refractivity contribution in [3.63, 3.8) is 0 Å². The highest BCUT2D eigenvalue weighted by atomic mass is 16.3. The van der Waals surface area contributed by atoms with Gasteiger partial charge >= 0.3 is 0 Å². The molecule has 4 N–H and O–H groups in total. The summed E-state index contributed by atoms with van der Waals surface area (Å²) in [6, 6.07) is 0. The van der Waals surface area contributed by atoms with Crippen molar-refractivity contribution in [1.82, 2.24) is 0 Å². The Morgan fingerprint density at radius 3 is 2.22 bits per heavy atom. The van der Waals surface area contributed by atoms with Gasteiger partial charge in [-0.25, -0.2) is 0 Å². The Labute approximate surface area is 216 Å². The molecule has 4 aliphatic rings. The molecule has 0 heterocycles. The molecule has 6 nitrogen and oxygen atoms in total. The third kappa shape index (κ3) is 3.65. The van der Waals surface area contributed by atoms with E-state index in [1.165, 1.54) is 12.5 Å². The number of carbonyl (C=O) groups excluding carboxylic acids is 2. The summed E-state index contributed by atoms with van der Waals surface area (Å²) in [6.07, 6.45) is 3.88. The number of allylic oxidation sites excluding steroid dienone is 1. The Balaban J connectivity index is 1.75. The molecule has 204 valence electrons. The number of rotatable bonds is 5. The first-order valence-electron chi connectivity index (χ1n) is 13.8. The topological polar surface area (TPSA) is 115 Å². The van der Waals surface area contributed by atoms with Crippen molar-refractivity contribution in [2.45, 2.75) is 124 Å². The smallest absolute Gasteiger partial charge is 0.164 e. The van der Waals surface area contributed by atoms with Gasteiger partial charge in [0.05, 0.1) is 17.8 Å². The molecule has 0 radical (unpaired) electrons. The van der Waals surface area contributed by atoms with Crippen molar-refractivity contribution in [2.75, 3.05) is 0 Å². The molecule has 0 amide bonds. The van der Waals surface area contributed by atoms with Crippen LogP contribution in [0.25, 0.3) is 0 Å². The van der Waals surface area contributed by atoms with Crippen LogP contribution in [0.2, 0.25) is 0 Å². The molecule has 3 saturated carbocycles. The summed E-state index contributed by atoms with van der Waals surface area (Å²) in [7, 11) is 0. The second-order valence-electron chi connectivity index (χ2n) is 14.7. The summed E-state index contributed by atoms with van der Waals surface area (Å²) in [6.45, 7) is 15.2. The highest BCUT2D eigenvalue weighted by Crippen LogP contribution is 2.74. The lowest BCUT2D eigenvalue weighted by Gasteiger charge is -2.64. The van der Waals surface area contributed by atoms with E-state index < -0.39 is 51.4 Å². The number of hydrogen-bond donors (Lipinski definition) is 4. The number of aliphatic hydroxyl groups is 4. The van der Waals surface area contributed by atoms with Crippen LogP contribution in [0.4, 0.5) is 0 Å². The van der Waals surface area contributed by atoms with Crippen LogP contribution in [0.1, 0.15) is 100 Å². The van der Waals surface area contributed by atoms with Crippen molar-refractivity contribution >= 4 is 11.6 Å². The van der Waals surface area contributed by atoms with E-state index in [1.807, 2.05) is 6.92 Å². The lowest BCUT2D eigenvalue weighted by atomic mass is 9.38. The van der Waals surface area contributed by atoms with Gasteiger partial charge in [-0.2, -0.15) is 0 Å². The first-order chi connectivity index (χ1) is 16.2. The van der Waals surface area contributed by atoms with Gasteiger partial charge in [-0.1, -0.05) is 46.3 Å². The number of hydrogen-bond acceptors (Lipinski definition) is 6. The standard InChI is InChI=1S/C30H48O6/c1-25(2,35)14-13-22(33)30(8,36)24-19(31)15-27(5)20-11-9-17-18(10-12-21(32)26(17,3)4)29(20,7)23(34)16-28(24,27)6/h9,18-21,24,31-32,35-36H,10-16H2,1-8H3/t18-,19-,20+,21+,24+,27+,28-,29+,30+/m1/s1. The molecule has 4 rings (SSSR count). The summed E-state index contributed by atoms with van der Waals surface area (Å²) in [5.41, 5.74) is -3.86. The SMILES string of the molecule is CC(C)(O)CCC(=O)[C@](C)(O)[C@H]1[C@H](O)C[C@@]2(C)[C@@H]3CC=C4[C@@H](CC[C@H](O)C4(C)C)[C@]3(C)C(=O)C[C@]12C. The Hall–Kier alpha value is -1.08. The molecule has 4 aliphatic carbocycles. The largest absolute Gasteiger partial charge is 0.393 e. The normalized spacial score (nSPS) is 45.7. The van der Waals surface area contributed by atoms with E-state index in [-0.39, 0.29) is 42.3 Å². The Bertz CT molecular complexity index is 972. The molecule has 0 aromatic heterocycles. The van der Waals surface area contributed by atoms with Gasteiger partial charge in [-0.3, -0.25) is 9.59 Å². The van der Waals surface area contributed by atoms with Crippen molar-refractivity contribution in [3.8, 4) is 0 Å². The maximum atomic E-state index is 14.2. The van der Waals surface area contributed by atoms with E-state index in [9.17, 15) is 30.0 Å². The van der Waals surface area contributed by atoms with Crippen LogP contribution in [-0.4, -0.2) is 55.4 Å². The average Bonchev–Trinajstić information content (AvgIpc) is 2.94. The van der Waals surface area contributed by atoms with Gasteiger partial charge in [-0.15, -0.1) is 0 Å². The molecular formula is C30H48O6. The third-order valence-corrected chi connectivity index (χ3v) is 11.7. The molecule has 0 unspecified atom stereocenters. The number of ketones is 2. The summed E-state index contributed by atoms with van der Waals surface area (Å²) in [4.78, 5) is 27.5. The molecule has 0 aromatic carbocycles. The van der Waals surface area contributed by atoms with Crippen LogP contribution in [0.5, 0.6) is 0 Å². The van der Waals surface area contributed by atoms with Crippen molar-refractivity contribution in [2.24, 2.45) is 39.4 Å². The lowest BCUT2D eigenvalue weighted by Crippen LogP contribution is -2.64. The minimum absolute atomic E-state index is 0.00713. The average molecular weight is 505 g/mol. The van der Waals surface area contributed by atoms with Gasteiger partial charge < -0.3 is 20.4 Å². The van der Waals surface area contributed by atoms with Crippen LogP contribution in [0, 0.1) is 39.4 Å². The van der Waals surface area contributed by atoms with E-state index in [4.69, 9.17) is 0 Å². The van der Waals surface area contributed by atoms with Crippen LogP contribution >= 0.6 is 0 Å². The van der Waals surface area contributed by atoms with Crippen LogP contribution in [-0.2, 0) is 9.59 Å². The van der Waals surface area contributed by atoms with Gasteiger partial charge in [0.1, 0.15) is 11.4 Å². The minimum atomic E-state index is -1.81. The predicted octanol–water partition coefficient (Wildman–Crippen LogP) is 3.97. The van der Waals surface area contributed by atoms with E-state index in [0.29, 0.717) is 19.3 Å². The molecule has 3 fully saturated rings. The van der Waals surface area contributed by atoms with Crippen LogP contribution < -0.4 is 0 Å². The van der Waals surface area contributed by atoms with Crippen molar-refractivity contribution in [3.05, 3.63) is 11.6 Å². The first kappa shape index (κ1) is 27.9. The Morgan fingerprint density at radius 2 is 1.64 bits per heavy atom. The van der Waals surface area contributed by atoms with E-state index in [0.717, 1.165) is 6.42 Å². The first-order valence-corrected chi connectivity index (χ1v) is 13.8. The number of carbonyl (C=O) groups is 2. The lowest BCUT2D eigenvalue weighted by molar-refractivity contribution is -0.184. The number of Topliss-reactive ketones (excluding diaryl/α,β-unsaturated/α-hetero) is 2. The molecule has 9 atom stereocenters. The summed E-state index contributed by atoms with van der Waals surface area (Å²) < 4.78 is 0. The highest BCUT2D eigenvalue weighted by molar-refractivity contribution is 5.90. The molecule has 6 heteroatoms. The molecular weight excluding hydrogens is 456 g/mol. The maximum absolute atomic E-state index is 14.2. The van der Waals surface area contributed by atoms with Crippen molar-refractivity contribution in [1.29, 1.82) is 0 Å². The van der Waals surface area contributed by atoms with E-state index >= 15 is 0 Å². The van der Waals surface area contributed by atoms with Gasteiger partial charge in [0.2, 0.25) is 0 Å². The van der Waals surface area contributed by atoms with Gasteiger partial charge in [0.25, 0.3) is 0 Å². The maximum Gasteiger partial charge on any atom is 0.164 e. The quantitative estimate of drug-likeness (QED) is 0.421. The van der Waals surface area contributed by atoms with Gasteiger partial charge in [-0.05, 0) is 75.5 Å². The van der Waals surface area contributed by atoms with Gasteiger partial charge in [0, 0.05) is 29.6 Å². The predicted molar refractivity (Wildman–Crippen MR) is 138 cm³/mol. The van der Waals surface area contributed by atoms with E-state index in [1.54, 1.807) is 13.8 Å². The second kappa shape index (κ2) is 8.21. The molecule has 36 heavy (non-hydrogen) atoms. The Morgan fingerprint density at radius 1 is 1.03 bits per heavy atom. The fourth-order valence-electron chi connectivity index (χ4n) is 9.34. The van der Waals surface area contributed by atoms with Gasteiger partial charge in [0.15, 0.2) is 5.78 Å². The van der Waals surface area contributed by atoms with Crippen LogP contribution in [0.15, 0.2) is 11.6 Å². The second-order valence-corrected chi connectivity index (χ2v) is 14.7. The van der Waals surface area contributed by atoms with Crippen molar-refractivity contribution < 1.29 is 30.0 Å². The zero-order chi connectivity index (χ0) is 27.3. The molecule has 0 aromatic rings. The highest BCUT2D eigenvalue weighted by Gasteiger charge is 2.74. The monoisotopic (exact) mass is 504 g/mol. The zero-order valence-corrected chi connectivity index (χ0v) is 23.5. The molecule has 0 spiro atoms. The molecule has 0 saturated heterocycles. The fourth-order valence-corrected chi connectivity index (χ4v) is 9.34. The molecule has 0 bridgehead atoms. The zero-order valence-electron chi connectivity index (χ0n) is 23.5. The number of aliphatic hydroxyl groups excluding tert-OH is 2. The summed E-state index contributed by atoms with van der Waals surface area (Å²) in [5, 5.41) is 44.0. The fraction of sp³-hybridized carbons (Fsp3) is 0.867. The van der Waals surface area contributed by atoms with Crippen LogP contribution in [0.3, 0.4) is 0 Å². The van der Waals surface area contributed by atoms with E-state index in [2.05, 4.69) is 33.8 Å². The summed E-state index contributed by atoms with van der Waals surface area (Å²) >= 11 is 0. The molecule has 0 aliphatic heterocycles. The third-order valence-electron chi connectivity index (χ3n) is 11.7.